The van der Waals surface area contributed by atoms with Crippen LogP contribution in [0.3, 0.4) is 0 Å². The van der Waals surface area contributed by atoms with Crippen LogP contribution in [0.4, 0.5) is 0 Å². The molecular weight excluding hydrogens is 298 g/mol. The van der Waals surface area contributed by atoms with Crippen LogP contribution in [-0.2, 0) is 4.79 Å². The molecule has 2 aromatic rings. The molecule has 94 valence electrons. The molecule has 4 N–H and O–H groups in total. The zero-order chi connectivity index (χ0) is 13.3. The molecule has 0 saturated carbocycles. The van der Waals surface area contributed by atoms with Gasteiger partial charge < -0.3 is 15.9 Å². The summed E-state index contributed by atoms with van der Waals surface area (Å²) in [7, 11) is 0. The molecule has 0 radical (unpaired) electrons. The topological polar surface area (TPSA) is 83.6 Å². The highest BCUT2D eigenvalue weighted by Gasteiger charge is 2.15. The number of aromatic hydroxyl groups is 1. The van der Waals surface area contributed by atoms with Crippen LogP contribution in [0.15, 0.2) is 34.8 Å². The Labute approximate surface area is 112 Å². The number of carboxylic acids is 1. The molecule has 2 aromatic carbocycles. The summed E-state index contributed by atoms with van der Waals surface area (Å²) in [6, 6.07) is 8.24. The maximum Gasteiger partial charge on any atom is 0.305 e. The molecule has 4 nitrogen and oxygen atoms in total. The molecule has 0 fully saturated rings. The van der Waals surface area contributed by atoms with Crippen LogP contribution in [-0.4, -0.2) is 16.2 Å². The molecule has 0 amide bonds. The minimum atomic E-state index is -0.990. The van der Waals surface area contributed by atoms with Crippen molar-refractivity contribution in [2.45, 2.75) is 12.5 Å². The highest BCUT2D eigenvalue weighted by Crippen LogP contribution is 2.31. The summed E-state index contributed by atoms with van der Waals surface area (Å²) in [5.74, 6) is -0.963. The number of carboxylic acid groups (broad SMARTS) is 1. The van der Waals surface area contributed by atoms with E-state index in [4.69, 9.17) is 10.8 Å². The van der Waals surface area contributed by atoms with Gasteiger partial charge in [-0.2, -0.15) is 0 Å². The summed E-state index contributed by atoms with van der Waals surface area (Å²) in [4.78, 5) is 10.6. The van der Waals surface area contributed by atoms with Crippen molar-refractivity contribution in [1.82, 2.24) is 0 Å². The second kappa shape index (κ2) is 4.96. The predicted molar refractivity (Wildman–Crippen MR) is 72.5 cm³/mol. The Bertz CT molecular complexity index is 612. The van der Waals surface area contributed by atoms with Gasteiger partial charge in [-0.3, -0.25) is 4.79 Å². The molecule has 0 saturated heterocycles. The van der Waals surface area contributed by atoms with Crippen LogP contribution in [0.2, 0.25) is 0 Å². The number of nitrogens with two attached hydrogens (primary N) is 1. The fraction of sp³-hybridized carbons (Fsp3) is 0.154. The fourth-order valence-electron chi connectivity index (χ4n) is 1.87. The summed E-state index contributed by atoms with van der Waals surface area (Å²) in [5, 5.41) is 20.4. The number of phenolic OH excluding ortho intramolecular Hbond substituents is 1. The quantitative estimate of drug-likeness (QED) is 0.814. The smallest absolute Gasteiger partial charge is 0.305 e. The van der Waals surface area contributed by atoms with Gasteiger partial charge in [0.15, 0.2) is 0 Å². The minimum Gasteiger partial charge on any atom is -0.508 e. The van der Waals surface area contributed by atoms with Gasteiger partial charge in [0.2, 0.25) is 0 Å². The Morgan fingerprint density at radius 1 is 1.28 bits per heavy atom. The highest BCUT2D eigenvalue weighted by molar-refractivity contribution is 9.10. The van der Waals surface area contributed by atoms with Crippen molar-refractivity contribution in [3.05, 3.63) is 40.4 Å². The van der Waals surface area contributed by atoms with Gasteiger partial charge in [0.05, 0.1) is 6.42 Å². The lowest BCUT2D eigenvalue weighted by molar-refractivity contribution is -0.137. The lowest BCUT2D eigenvalue weighted by Crippen LogP contribution is -2.15. The van der Waals surface area contributed by atoms with E-state index >= 15 is 0 Å². The lowest BCUT2D eigenvalue weighted by Gasteiger charge is -2.13. The Kier molecular flexibility index (Phi) is 3.54. The molecule has 0 aliphatic heterocycles. The van der Waals surface area contributed by atoms with Crippen molar-refractivity contribution < 1.29 is 15.0 Å². The van der Waals surface area contributed by atoms with E-state index in [2.05, 4.69) is 15.9 Å². The fourth-order valence-corrected chi connectivity index (χ4v) is 2.25. The second-order valence-corrected chi connectivity index (χ2v) is 5.02. The van der Waals surface area contributed by atoms with Gasteiger partial charge in [-0.05, 0) is 35.0 Å². The van der Waals surface area contributed by atoms with Crippen LogP contribution < -0.4 is 5.73 Å². The SMILES string of the molecule is NC(CC(=O)O)c1cc2cc(Br)ccc2cc1O. The standard InChI is InChI=1S/C13H12BrNO3/c14-9-2-1-7-5-12(16)10(4-8(7)3-9)11(15)6-13(17)18/h1-5,11,16H,6,15H2,(H,17,18). The van der Waals surface area contributed by atoms with Gasteiger partial charge in [-0.1, -0.05) is 22.0 Å². The van der Waals surface area contributed by atoms with Crippen molar-refractivity contribution in [2.24, 2.45) is 5.73 Å². The summed E-state index contributed by atoms with van der Waals surface area (Å²) < 4.78 is 0.915. The molecule has 0 aliphatic rings. The van der Waals surface area contributed by atoms with E-state index in [0.29, 0.717) is 5.56 Å². The minimum absolute atomic E-state index is 0.0265. The normalized spacial score (nSPS) is 12.6. The van der Waals surface area contributed by atoms with Crippen LogP contribution in [0.5, 0.6) is 5.75 Å². The number of aliphatic carboxylic acids is 1. The van der Waals surface area contributed by atoms with E-state index in [0.717, 1.165) is 15.2 Å². The van der Waals surface area contributed by atoms with E-state index in [1.54, 1.807) is 12.1 Å². The molecule has 5 heteroatoms. The molecule has 0 aromatic heterocycles. The largest absolute Gasteiger partial charge is 0.508 e. The third-order valence-electron chi connectivity index (χ3n) is 2.74. The predicted octanol–water partition coefficient (Wildman–Crippen LogP) is 2.78. The van der Waals surface area contributed by atoms with Crippen LogP contribution in [0, 0.1) is 0 Å². The third kappa shape index (κ3) is 2.63. The molecule has 0 spiro atoms. The maximum atomic E-state index is 10.6. The monoisotopic (exact) mass is 309 g/mol. The number of hydrogen-bond acceptors (Lipinski definition) is 3. The molecule has 0 aliphatic carbocycles. The number of benzene rings is 2. The first-order valence-electron chi connectivity index (χ1n) is 5.37. The summed E-state index contributed by atoms with van der Waals surface area (Å²) in [6.07, 6.45) is -0.215. The molecule has 2 rings (SSSR count). The Balaban J connectivity index is 2.50. The van der Waals surface area contributed by atoms with E-state index in [-0.39, 0.29) is 12.2 Å². The van der Waals surface area contributed by atoms with Crippen molar-refractivity contribution >= 4 is 32.7 Å². The maximum absolute atomic E-state index is 10.6. The number of hydrogen-bond donors (Lipinski definition) is 3. The molecule has 1 unspecified atom stereocenters. The number of halogens is 1. The Morgan fingerprint density at radius 2 is 2.00 bits per heavy atom. The molecule has 1 atom stereocenters. The van der Waals surface area contributed by atoms with Crippen molar-refractivity contribution in [3.63, 3.8) is 0 Å². The zero-order valence-electron chi connectivity index (χ0n) is 9.43. The van der Waals surface area contributed by atoms with Crippen LogP contribution in [0.1, 0.15) is 18.0 Å². The van der Waals surface area contributed by atoms with Gasteiger partial charge >= 0.3 is 5.97 Å². The number of rotatable bonds is 3. The van der Waals surface area contributed by atoms with Crippen LogP contribution in [0.25, 0.3) is 10.8 Å². The average Bonchev–Trinajstić information content (AvgIpc) is 2.27. The van der Waals surface area contributed by atoms with Gasteiger partial charge in [-0.15, -0.1) is 0 Å². The van der Waals surface area contributed by atoms with E-state index in [1.807, 2.05) is 18.2 Å². The first kappa shape index (κ1) is 12.9. The molecule has 0 heterocycles. The van der Waals surface area contributed by atoms with Crippen molar-refractivity contribution in [2.75, 3.05) is 0 Å². The van der Waals surface area contributed by atoms with Crippen molar-refractivity contribution in [1.29, 1.82) is 0 Å². The lowest BCUT2D eigenvalue weighted by atomic mass is 9.99. The average molecular weight is 310 g/mol. The molecular formula is C13H12BrNO3. The van der Waals surface area contributed by atoms with Gasteiger partial charge in [0.1, 0.15) is 5.75 Å². The summed E-state index contributed by atoms with van der Waals surface area (Å²) in [5.41, 5.74) is 6.22. The highest BCUT2D eigenvalue weighted by atomic mass is 79.9. The summed E-state index contributed by atoms with van der Waals surface area (Å²) >= 11 is 3.36. The molecule has 0 bridgehead atoms. The Hall–Kier alpha value is -1.59. The third-order valence-corrected chi connectivity index (χ3v) is 3.24. The molecule has 18 heavy (non-hydrogen) atoms. The van der Waals surface area contributed by atoms with Gasteiger partial charge in [0, 0.05) is 16.1 Å². The van der Waals surface area contributed by atoms with Crippen molar-refractivity contribution in [3.8, 4) is 5.75 Å². The van der Waals surface area contributed by atoms with E-state index in [1.165, 1.54) is 0 Å². The van der Waals surface area contributed by atoms with Gasteiger partial charge in [-0.25, -0.2) is 0 Å². The van der Waals surface area contributed by atoms with E-state index in [9.17, 15) is 9.90 Å². The van der Waals surface area contributed by atoms with E-state index < -0.39 is 12.0 Å². The second-order valence-electron chi connectivity index (χ2n) is 4.11. The number of phenols is 1. The summed E-state index contributed by atoms with van der Waals surface area (Å²) in [6.45, 7) is 0. The van der Waals surface area contributed by atoms with Crippen LogP contribution >= 0.6 is 15.9 Å². The first-order valence-corrected chi connectivity index (χ1v) is 6.16. The van der Waals surface area contributed by atoms with Gasteiger partial charge in [0.25, 0.3) is 0 Å². The first-order chi connectivity index (χ1) is 8.47. The number of carbonyl (C=O) groups is 1. The zero-order valence-corrected chi connectivity index (χ0v) is 11.0. The number of fused-ring (bicyclic) bond motifs is 1. The Morgan fingerprint density at radius 3 is 2.67 bits per heavy atom.